The highest BCUT2D eigenvalue weighted by Gasteiger charge is 2.18. The molecule has 0 aliphatic carbocycles. The number of aromatic amines is 1. The standard InChI is InChI=1S/C30H9B10NS/c31-20-17(21(32)25(36)28(39)24(20)35)9-1-4-14-13(8-9)19-15(41-14)5-3-11-12-7-10(2-6-16(12)42-30(11)19)18-22(33)26(37)29(40)27(38)23(18)34/h1-8,41H. The molecule has 0 aliphatic heterocycles. The van der Waals surface area contributed by atoms with E-state index in [2.05, 4.69) is 23.2 Å². The van der Waals surface area contributed by atoms with Gasteiger partial charge in [0.1, 0.15) is 78.5 Å². The summed E-state index contributed by atoms with van der Waals surface area (Å²) in [5.41, 5.74) is 7.05. The Balaban J connectivity index is 1.49. The van der Waals surface area contributed by atoms with Gasteiger partial charge in [0.05, 0.1) is 0 Å². The number of rotatable bonds is 2. The molecule has 0 aliphatic rings. The lowest BCUT2D eigenvalue weighted by molar-refractivity contribution is 1.55. The Morgan fingerprint density at radius 1 is 0.429 bits per heavy atom. The van der Waals surface area contributed by atoms with Crippen LogP contribution in [0, 0.1) is 0 Å². The molecule has 1 nitrogen and oxygen atoms in total. The van der Waals surface area contributed by atoms with E-state index >= 15 is 0 Å². The molecule has 2 aromatic heterocycles. The lowest BCUT2D eigenvalue weighted by Gasteiger charge is -2.21. The van der Waals surface area contributed by atoms with Gasteiger partial charge < -0.3 is 4.98 Å². The van der Waals surface area contributed by atoms with E-state index in [1.54, 1.807) is 11.3 Å². The summed E-state index contributed by atoms with van der Waals surface area (Å²) in [6.07, 6.45) is 0. The normalized spacial score (nSPS) is 11.8. The summed E-state index contributed by atoms with van der Waals surface area (Å²) < 4.78 is 2.20. The third-order valence-electron chi connectivity index (χ3n) is 8.17. The first-order valence-corrected chi connectivity index (χ1v) is 13.7. The second-order valence-electron chi connectivity index (χ2n) is 10.4. The first kappa shape index (κ1) is 27.6. The lowest BCUT2D eigenvalue weighted by atomic mass is 9.59. The molecule has 1 N–H and O–H groups in total. The topological polar surface area (TPSA) is 15.8 Å². The third-order valence-corrected chi connectivity index (χ3v) is 9.38. The molecule has 5 aromatic carbocycles. The minimum absolute atomic E-state index is 0.182. The van der Waals surface area contributed by atoms with Crippen molar-refractivity contribution in [3.8, 4) is 22.3 Å². The van der Waals surface area contributed by atoms with Crippen molar-refractivity contribution < 1.29 is 0 Å². The fourth-order valence-corrected chi connectivity index (χ4v) is 7.09. The van der Waals surface area contributed by atoms with Crippen molar-refractivity contribution in [2.45, 2.75) is 0 Å². The Morgan fingerprint density at radius 3 is 1.43 bits per heavy atom. The van der Waals surface area contributed by atoms with E-state index in [1.165, 1.54) is 0 Å². The van der Waals surface area contributed by atoms with Crippen LogP contribution in [-0.2, 0) is 0 Å². The molecule has 0 fully saturated rings. The molecule has 0 amide bonds. The van der Waals surface area contributed by atoms with Crippen LogP contribution in [0.25, 0.3) is 64.2 Å². The van der Waals surface area contributed by atoms with Crippen LogP contribution in [0.15, 0.2) is 48.5 Å². The number of hydrogen-bond donors (Lipinski definition) is 1. The second kappa shape index (κ2) is 9.64. The van der Waals surface area contributed by atoms with Gasteiger partial charge in [0.2, 0.25) is 0 Å². The Hall–Kier alpha value is -3.23. The molecule has 0 saturated heterocycles. The Bertz CT molecular complexity index is 2260. The highest BCUT2D eigenvalue weighted by atomic mass is 32.1. The van der Waals surface area contributed by atoms with E-state index in [0.717, 1.165) is 53.1 Å². The van der Waals surface area contributed by atoms with Crippen molar-refractivity contribution in [1.29, 1.82) is 0 Å². The number of thiophene rings is 1. The van der Waals surface area contributed by atoms with Crippen LogP contribution >= 0.6 is 11.3 Å². The highest BCUT2D eigenvalue weighted by molar-refractivity contribution is 7.26. The maximum Gasteiger partial charge on any atom is 0.113 e. The zero-order valence-electron chi connectivity index (χ0n) is 22.3. The van der Waals surface area contributed by atoms with E-state index < -0.39 is 0 Å². The minimum atomic E-state index is 0.182. The predicted molar refractivity (Wildman–Crippen MR) is 193 cm³/mol. The van der Waals surface area contributed by atoms with Crippen LogP contribution in [0.2, 0.25) is 0 Å². The Morgan fingerprint density at radius 2 is 0.881 bits per heavy atom. The quantitative estimate of drug-likeness (QED) is 0.232. The summed E-state index contributed by atoms with van der Waals surface area (Å²) in [5, 5.41) is 4.19. The van der Waals surface area contributed by atoms with Crippen LogP contribution in [0.3, 0.4) is 0 Å². The van der Waals surface area contributed by atoms with Gasteiger partial charge in [-0.15, -0.1) is 44.1 Å². The Kier molecular flexibility index (Phi) is 6.34. The average molecular weight is 524 g/mol. The zero-order valence-corrected chi connectivity index (χ0v) is 23.1. The van der Waals surface area contributed by atoms with Crippen molar-refractivity contribution in [3.05, 3.63) is 48.5 Å². The fraction of sp³-hybridized carbons (Fsp3) is 0. The van der Waals surface area contributed by atoms with Gasteiger partial charge in [-0.3, -0.25) is 0 Å². The van der Waals surface area contributed by atoms with Crippen LogP contribution in [0.1, 0.15) is 0 Å². The molecule has 2 heterocycles. The SMILES string of the molecule is [B]c1c([B])c([B])c(-c2ccc3sc4c(ccc5[nH]c6ccc(-c7c([B])c([B])c([B])c([B])c7[B])cc6c54)c3c2)c([B])c1[B]. The average Bonchev–Trinajstić information content (AvgIpc) is 3.54. The van der Waals surface area contributed by atoms with Gasteiger partial charge in [0.25, 0.3) is 0 Å². The maximum absolute atomic E-state index is 6.38. The molecule has 7 rings (SSSR count). The zero-order chi connectivity index (χ0) is 29.8. The summed E-state index contributed by atoms with van der Waals surface area (Å²) in [6.45, 7) is 0. The van der Waals surface area contributed by atoms with Crippen LogP contribution in [0.5, 0.6) is 0 Å². The molecule has 0 spiro atoms. The first-order valence-electron chi connectivity index (χ1n) is 12.9. The summed E-state index contributed by atoms with van der Waals surface area (Å²) >= 11 is 1.69. The molecule has 0 atom stereocenters. The molecule has 20 radical (unpaired) electrons. The lowest BCUT2D eigenvalue weighted by Crippen LogP contribution is -2.55. The van der Waals surface area contributed by atoms with Crippen LogP contribution < -0.4 is 54.6 Å². The molecule has 170 valence electrons. The molecular formula is C30H9B10NS. The molecule has 12 heteroatoms. The number of H-pyrrole nitrogens is 1. The van der Waals surface area contributed by atoms with E-state index in [1.807, 2.05) is 30.3 Å². The minimum Gasteiger partial charge on any atom is -0.354 e. The second-order valence-corrected chi connectivity index (χ2v) is 11.5. The number of fused-ring (bicyclic) bond motifs is 7. The summed E-state index contributed by atoms with van der Waals surface area (Å²) in [5.74, 6) is 0. The van der Waals surface area contributed by atoms with Gasteiger partial charge in [-0.1, -0.05) is 40.1 Å². The van der Waals surface area contributed by atoms with E-state index in [4.69, 9.17) is 78.5 Å². The molecule has 0 bridgehead atoms. The molecular weight excluding hydrogens is 515 g/mol. The fourth-order valence-electron chi connectivity index (χ4n) is 5.85. The van der Waals surface area contributed by atoms with Crippen molar-refractivity contribution in [2.24, 2.45) is 0 Å². The van der Waals surface area contributed by atoms with Crippen molar-refractivity contribution in [1.82, 2.24) is 4.98 Å². The van der Waals surface area contributed by atoms with Crippen molar-refractivity contribution in [3.63, 3.8) is 0 Å². The van der Waals surface area contributed by atoms with Crippen molar-refractivity contribution in [2.75, 3.05) is 0 Å². The van der Waals surface area contributed by atoms with Crippen LogP contribution in [0.4, 0.5) is 0 Å². The summed E-state index contributed by atoms with van der Waals surface area (Å²) in [7, 11) is 62.1. The number of hydrogen-bond acceptors (Lipinski definition) is 1. The first-order chi connectivity index (χ1) is 20.0. The van der Waals surface area contributed by atoms with Gasteiger partial charge in [-0.25, -0.2) is 0 Å². The summed E-state index contributed by atoms with van der Waals surface area (Å²) in [6, 6.07) is 16.2. The van der Waals surface area contributed by atoms with Crippen LogP contribution in [-0.4, -0.2) is 83.4 Å². The van der Waals surface area contributed by atoms with Gasteiger partial charge in [-0.2, -0.15) is 0 Å². The summed E-state index contributed by atoms with van der Waals surface area (Å²) in [4.78, 5) is 3.53. The van der Waals surface area contributed by atoms with Gasteiger partial charge in [-0.05, 0) is 52.6 Å². The van der Waals surface area contributed by atoms with Gasteiger partial charge >= 0.3 is 0 Å². The largest absolute Gasteiger partial charge is 0.354 e. The van der Waals surface area contributed by atoms with E-state index in [0.29, 0.717) is 33.0 Å². The molecule has 0 unspecified atom stereocenters. The monoisotopic (exact) mass is 525 g/mol. The molecule has 7 aromatic rings. The van der Waals surface area contributed by atoms with Crippen molar-refractivity contribution >= 4 is 186 Å². The predicted octanol–water partition coefficient (Wildman–Crippen LogP) is -3.04. The number of nitrogens with one attached hydrogen (secondary N) is 1. The highest BCUT2D eigenvalue weighted by Crippen LogP contribution is 2.42. The smallest absolute Gasteiger partial charge is 0.113 e. The number of benzene rings is 5. The van der Waals surface area contributed by atoms with Gasteiger partial charge in [0.15, 0.2) is 0 Å². The Labute approximate surface area is 261 Å². The number of aromatic nitrogens is 1. The van der Waals surface area contributed by atoms with E-state index in [9.17, 15) is 0 Å². The molecule has 0 saturated carbocycles. The van der Waals surface area contributed by atoms with Gasteiger partial charge in [0, 0.05) is 42.0 Å². The van der Waals surface area contributed by atoms with E-state index in [-0.39, 0.29) is 32.8 Å². The third kappa shape index (κ3) is 3.77. The molecule has 42 heavy (non-hydrogen) atoms. The maximum atomic E-state index is 6.38.